The molecule has 0 unspecified atom stereocenters. The Balaban J connectivity index is 2.05. The first-order chi connectivity index (χ1) is 9.25. The van der Waals surface area contributed by atoms with Crippen LogP contribution in [0.2, 0.25) is 0 Å². The number of benzene rings is 1. The molecule has 1 aromatic carbocycles. The molecule has 108 valence electrons. The molecule has 0 aliphatic rings. The molecule has 1 aromatic rings. The van der Waals surface area contributed by atoms with E-state index in [2.05, 4.69) is 15.9 Å². The number of ether oxygens (including phenoxy) is 4. The average molecular weight is 334 g/mol. The normalized spacial score (nSPS) is 10.6. The third kappa shape index (κ3) is 6.77. The van der Waals surface area contributed by atoms with Gasteiger partial charge in [-0.25, -0.2) is 0 Å². The maximum atomic E-state index is 5.80. The minimum Gasteiger partial charge on any atom is -0.488 e. The number of nitrogens with two attached hydrogens (primary N) is 1. The number of nitrogen functional groups attached to an aromatic ring is 1. The summed E-state index contributed by atoms with van der Waals surface area (Å²) < 4.78 is 21.9. The van der Waals surface area contributed by atoms with Crippen LogP contribution in [0.25, 0.3) is 0 Å². The number of halogens is 1. The lowest BCUT2D eigenvalue weighted by atomic mass is 10.3. The van der Waals surface area contributed by atoms with E-state index in [1.165, 1.54) is 0 Å². The molecule has 0 bridgehead atoms. The molecule has 0 aliphatic carbocycles. The standard InChI is InChI=1S/C13H20BrNO4/c1-16-5-6-17-7-8-18-9-10-19-13-11(14)3-2-4-12(13)15/h2-4H,5-10,15H2,1H3. The summed E-state index contributed by atoms with van der Waals surface area (Å²) in [6.45, 7) is 3.23. The van der Waals surface area contributed by atoms with E-state index in [-0.39, 0.29) is 0 Å². The Labute approximate surface area is 122 Å². The molecule has 6 heteroatoms. The summed E-state index contributed by atoms with van der Waals surface area (Å²) in [6, 6.07) is 5.54. The van der Waals surface area contributed by atoms with E-state index in [4.69, 9.17) is 24.7 Å². The van der Waals surface area contributed by atoms with E-state index < -0.39 is 0 Å². The van der Waals surface area contributed by atoms with Gasteiger partial charge in [-0.3, -0.25) is 0 Å². The Morgan fingerprint density at radius 1 is 1.00 bits per heavy atom. The van der Waals surface area contributed by atoms with Gasteiger partial charge >= 0.3 is 0 Å². The highest BCUT2D eigenvalue weighted by Crippen LogP contribution is 2.30. The van der Waals surface area contributed by atoms with Crippen molar-refractivity contribution in [2.24, 2.45) is 0 Å². The molecule has 0 atom stereocenters. The predicted octanol–water partition coefficient (Wildman–Crippen LogP) is 2.09. The molecular weight excluding hydrogens is 314 g/mol. The van der Waals surface area contributed by atoms with Gasteiger partial charge in [0.15, 0.2) is 5.75 Å². The maximum Gasteiger partial charge on any atom is 0.156 e. The fourth-order valence-corrected chi connectivity index (χ4v) is 1.84. The largest absolute Gasteiger partial charge is 0.488 e. The van der Waals surface area contributed by atoms with Crippen LogP contribution in [0.5, 0.6) is 5.75 Å². The Bertz CT molecular complexity index is 342. The first kappa shape index (κ1) is 16.2. The lowest BCUT2D eigenvalue weighted by molar-refractivity contribution is 0.0180. The second-order valence-corrected chi connectivity index (χ2v) is 4.58. The fraction of sp³-hybridized carbons (Fsp3) is 0.538. The van der Waals surface area contributed by atoms with Crippen LogP contribution in [0.15, 0.2) is 22.7 Å². The molecule has 0 spiro atoms. The lowest BCUT2D eigenvalue weighted by Gasteiger charge is -2.11. The highest BCUT2D eigenvalue weighted by molar-refractivity contribution is 9.10. The summed E-state index contributed by atoms with van der Waals surface area (Å²) in [7, 11) is 1.64. The SMILES string of the molecule is COCCOCCOCCOc1c(N)cccc1Br. The Hall–Kier alpha value is -0.820. The molecule has 0 aromatic heterocycles. The Kier molecular flexibility index (Phi) is 8.57. The van der Waals surface area contributed by atoms with Crippen LogP contribution in [0.1, 0.15) is 0 Å². The van der Waals surface area contributed by atoms with Crippen LogP contribution in [0.3, 0.4) is 0 Å². The van der Waals surface area contributed by atoms with Gasteiger partial charge in [0.25, 0.3) is 0 Å². The van der Waals surface area contributed by atoms with Crippen molar-refractivity contribution in [1.82, 2.24) is 0 Å². The van der Waals surface area contributed by atoms with Crippen LogP contribution in [-0.4, -0.2) is 46.8 Å². The van der Waals surface area contributed by atoms with Crippen molar-refractivity contribution in [1.29, 1.82) is 0 Å². The Morgan fingerprint density at radius 2 is 1.63 bits per heavy atom. The first-order valence-corrected chi connectivity index (χ1v) is 6.86. The summed E-state index contributed by atoms with van der Waals surface area (Å²) in [5, 5.41) is 0. The van der Waals surface area contributed by atoms with Crippen molar-refractivity contribution >= 4 is 21.6 Å². The zero-order chi connectivity index (χ0) is 13.9. The van der Waals surface area contributed by atoms with Crippen LogP contribution in [-0.2, 0) is 14.2 Å². The summed E-state index contributed by atoms with van der Waals surface area (Å²) in [5.74, 6) is 0.655. The van der Waals surface area contributed by atoms with Crippen molar-refractivity contribution in [2.45, 2.75) is 0 Å². The van der Waals surface area contributed by atoms with Gasteiger partial charge in [-0.05, 0) is 28.1 Å². The molecule has 2 N–H and O–H groups in total. The summed E-state index contributed by atoms with van der Waals surface area (Å²) in [4.78, 5) is 0. The fourth-order valence-electron chi connectivity index (χ4n) is 1.34. The molecule has 0 saturated carbocycles. The monoisotopic (exact) mass is 333 g/mol. The molecule has 0 radical (unpaired) electrons. The zero-order valence-corrected chi connectivity index (χ0v) is 12.6. The van der Waals surface area contributed by atoms with Gasteiger partial charge in [-0.2, -0.15) is 0 Å². The topological polar surface area (TPSA) is 62.9 Å². The van der Waals surface area contributed by atoms with Gasteiger partial charge in [0.1, 0.15) is 6.61 Å². The Morgan fingerprint density at radius 3 is 2.26 bits per heavy atom. The number of anilines is 1. The molecule has 0 heterocycles. The second kappa shape index (κ2) is 10.0. The van der Waals surface area contributed by atoms with E-state index >= 15 is 0 Å². The molecule has 0 aliphatic heterocycles. The number of methoxy groups -OCH3 is 1. The number of para-hydroxylation sites is 1. The third-order valence-electron chi connectivity index (χ3n) is 2.28. The van der Waals surface area contributed by atoms with Crippen molar-refractivity contribution in [3.8, 4) is 5.75 Å². The van der Waals surface area contributed by atoms with Gasteiger partial charge in [-0.15, -0.1) is 0 Å². The quantitative estimate of drug-likeness (QED) is 0.524. The lowest BCUT2D eigenvalue weighted by Crippen LogP contribution is -2.12. The van der Waals surface area contributed by atoms with E-state index in [1.54, 1.807) is 13.2 Å². The second-order valence-electron chi connectivity index (χ2n) is 3.72. The van der Waals surface area contributed by atoms with Crippen LogP contribution < -0.4 is 10.5 Å². The zero-order valence-electron chi connectivity index (χ0n) is 11.1. The molecular formula is C13H20BrNO4. The van der Waals surface area contributed by atoms with Crippen molar-refractivity contribution < 1.29 is 18.9 Å². The summed E-state index contributed by atoms with van der Waals surface area (Å²) >= 11 is 3.39. The van der Waals surface area contributed by atoms with Crippen LogP contribution >= 0.6 is 15.9 Å². The van der Waals surface area contributed by atoms with Gasteiger partial charge < -0.3 is 24.7 Å². The minimum atomic E-state index is 0.449. The molecule has 5 nitrogen and oxygen atoms in total. The van der Waals surface area contributed by atoms with Crippen LogP contribution in [0.4, 0.5) is 5.69 Å². The van der Waals surface area contributed by atoms with Gasteiger partial charge in [0, 0.05) is 7.11 Å². The highest BCUT2D eigenvalue weighted by atomic mass is 79.9. The molecule has 0 fully saturated rings. The first-order valence-electron chi connectivity index (χ1n) is 6.07. The summed E-state index contributed by atoms with van der Waals surface area (Å²) in [6.07, 6.45) is 0. The third-order valence-corrected chi connectivity index (χ3v) is 2.90. The van der Waals surface area contributed by atoms with Crippen molar-refractivity contribution in [3.63, 3.8) is 0 Å². The van der Waals surface area contributed by atoms with E-state index in [0.717, 1.165) is 4.47 Å². The van der Waals surface area contributed by atoms with Crippen LogP contribution in [0, 0.1) is 0 Å². The number of hydrogen-bond donors (Lipinski definition) is 1. The maximum absolute atomic E-state index is 5.80. The molecule has 1 rings (SSSR count). The average Bonchev–Trinajstić information content (AvgIpc) is 2.40. The van der Waals surface area contributed by atoms with Gasteiger partial charge in [-0.1, -0.05) is 6.07 Å². The number of hydrogen-bond acceptors (Lipinski definition) is 5. The smallest absolute Gasteiger partial charge is 0.156 e. The molecule has 0 saturated heterocycles. The van der Waals surface area contributed by atoms with E-state index in [1.807, 2.05) is 12.1 Å². The molecule has 0 amide bonds. The highest BCUT2D eigenvalue weighted by Gasteiger charge is 2.04. The van der Waals surface area contributed by atoms with Crippen molar-refractivity contribution in [2.75, 3.05) is 52.5 Å². The summed E-state index contributed by atoms with van der Waals surface area (Å²) in [5.41, 5.74) is 6.41. The van der Waals surface area contributed by atoms with E-state index in [0.29, 0.717) is 51.1 Å². The predicted molar refractivity (Wildman–Crippen MR) is 77.6 cm³/mol. The van der Waals surface area contributed by atoms with E-state index in [9.17, 15) is 0 Å². The van der Waals surface area contributed by atoms with Crippen molar-refractivity contribution in [3.05, 3.63) is 22.7 Å². The number of rotatable bonds is 10. The van der Waals surface area contributed by atoms with Gasteiger partial charge in [0.2, 0.25) is 0 Å². The minimum absolute atomic E-state index is 0.449. The molecule has 19 heavy (non-hydrogen) atoms. The van der Waals surface area contributed by atoms with Gasteiger partial charge in [0.05, 0.1) is 43.2 Å².